The molecule has 0 amide bonds. The van der Waals surface area contributed by atoms with Crippen LogP contribution < -0.4 is 5.46 Å². The molecule has 4 aliphatic rings. The van der Waals surface area contributed by atoms with Crippen molar-refractivity contribution in [3.8, 4) is 11.1 Å². The largest absolute Gasteiger partial charge is 0.494 e. The second kappa shape index (κ2) is 14.3. The van der Waals surface area contributed by atoms with Gasteiger partial charge in [0.05, 0.1) is 16.6 Å². The Morgan fingerprint density at radius 2 is 1.09 bits per heavy atom. The second-order valence-corrected chi connectivity index (χ2v) is 18.6. The third kappa shape index (κ3) is 6.16. The van der Waals surface area contributed by atoms with Crippen molar-refractivity contribution in [1.82, 2.24) is 0 Å². The minimum Gasteiger partial charge on any atom is -0.399 e. The zero-order valence-corrected chi connectivity index (χ0v) is 34.9. The highest BCUT2D eigenvalue weighted by atomic mass is 16.7. The van der Waals surface area contributed by atoms with Gasteiger partial charge in [0.1, 0.15) is 0 Å². The van der Waals surface area contributed by atoms with Gasteiger partial charge in [-0.3, -0.25) is 0 Å². The van der Waals surface area contributed by atoms with Gasteiger partial charge in [-0.15, -0.1) is 0 Å². The van der Waals surface area contributed by atoms with E-state index in [4.69, 9.17) is 9.31 Å². The van der Waals surface area contributed by atoms with E-state index in [9.17, 15) is 0 Å². The van der Waals surface area contributed by atoms with Gasteiger partial charge in [0.2, 0.25) is 0 Å². The fraction of sp³-hybridized carbons (Fsp3) is 0.560. The topological polar surface area (TPSA) is 18.5 Å². The van der Waals surface area contributed by atoms with Gasteiger partial charge in [-0.2, -0.15) is 0 Å². The number of fused-ring (bicyclic) bond motifs is 9. The van der Waals surface area contributed by atoms with Crippen molar-refractivity contribution in [3.63, 3.8) is 0 Å². The van der Waals surface area contributed by atoms with Crippen LogP contribution in [0.2, 0.25) is 0 Å². The van der Waals surface area contributed by atoms with E-state index < -0.39 is 18.3 Å². The van der Waals surface area contributed by atoms with E-state index in [1.807, 2.05) is 0 Å². The first-order valence-corrected chi connectivity index (χ1v) is 21.5. The standard InChI is InChI=1S/C50H67BO2/c1-11-15-17-19-30-48(9,13-3)35-24-27-39-40-28-25-36(49(10,14-4)31-20-18-16-12-2)33-44(40)50(43(39)32-35)42-23-21-22-38(42)41-29-26-37(34-45(41)50)51-52-46(5,6)47(7,8)53-51/h21-22,24-29,32-34H,11-20,23,30-31H2,1-10H3. The maximum atomic E-state index is 6.71. The summed E-state index contributed by atoms with van der Waals surface area (Å²) in [7, 11) is -0.399. The molecule has 3 heteroatoms. The van der Waals surface area contributed by atoms with E-state index >= 15 is 0 Å². The number of hydrogen-bond acceptors (Lipinski definition) is 2. The molecule has 7 rings (SSSR count). The molecule has 282 valence electrons. The Kier molecular flexibility index (Phi) is 10.4. The third-order valence-electron chi connectivity index (χ3n) is 14.9. The van der Waals surface area contributed by atoms with Crippen LogP contribution in [0.4, 0.5) is 0 Å². The maximum absolute atomic E-state index is 6.71. The Hall–Kier alpha value is -2.88. The summed E-state index contributed by atoms with van der Waals surface area (Å²) in [6, 6.07) is 22.5. The molecule has 0 aromatic heterocycles. The van der Waals surface area contributed by atoms with Crippen LogP contribution in [-0.4, -0.2) is 18.3 Å². The molecule has 3 aromatic carbocycles. The lowest BCUT2D eigenvalue weighted by Gasteiger charge is -2.36. The Bertz CT molecular complexity index is 1820. The summed E-state index contributed by atoms with van der Waals surface area (Å²) >= 11 is 0. The van der Waals surface area contributed by atoms with Crippen LogP contribution in [0.15, 0.2) is 72.3 Å². The molecule has 2 atom stereocenters. The van der Waals surface area contributed by atoms with Crippen LogP contribution in [0.25, 0.3) is 16.7 Å². The van der Waals surface area contributed by atoms with Crippen molar-refractivity contribution in [1.29, 1.82) is 0 Å². The van der Waals surface area contributed by atoms with E-state index in [-0.39, 0.29) is 16.2 Å². The van der Waals surface area contributed by atoms with Crippen molar-refractivity contribution in [2.45, 2.75) is 180 Å². The molecule has 2 nitrogen and oxygen atoms in total. The molecule has 1 saturated heterocycles. The predicted octanol–water partition coefficient (Wildman–Crippen LogP) is 13.3. The Morgan fingerprint density at radius 3 is 1.58 bits per heavy atom. The normalized spacial score (nSPS) is 22.6. The third-order valence-corrected chi connectivity index (χ3v) is 14.9. The molecule has 2 unspecified atom stereocenters. The zero-order chi connectivity index (χ0) is 37.8. The first-order chi connectivity index (χ1) is 25.3. The second-order valence-electron chi connectivity index (χ2n) is 18.6. The minimum atomic E-state index is -0.399. The van der Waals surface area contributed by atoms with Gasteiger partial charge >= 0.3 is 7.12 Å². The van der Waals surface area contributed by atoms with Crippen molar-refractivity contribution in [2.75, 3.05) is 0 Å². The zero-order valence-electron chi connectivity index (χ0n) is 34.9. The summed E-state index contributed by atoms with van der Waals surface area (Å²) in [5, 5.41) is 0. The summed E-state index contributed by atoms with van der Waals surface area (Å²) in [6.45, 7) is 23.1. The first kappa shape index (κ1) is 38.4. The molecule has 3 aliphatic carbocycles. The molecule has 53 heavy (non-hydrogen) atoms. The van der Waals surface area contributed by atoms with Crippen LogP contribution in [0.1, 0.15) is 186 Å². The summed E-state index contributed by atoms with van der Waals surface area (Å²) in [4.78, 5) is 0. The predicted molar refractivity (Wildman–Crippen MR) is 227 cm³/mol. The van der Waals surface area contributed by atoms with E-state index in [1.54, 1.807) is 5.57 Å². The van der Waals surface area contributed by atoms with Gasteiger partial charge in [0, 0.05) is 0 Å². The SMILES string of the molecule is CCCCCCC(C)(CC)c1ccc2c(c1)C1(C3=C(C=CC3)c3ccc(B4OC(C)(C)C(C)(C)O4)cc31)c1cc(C(C)(CC)CCCCCC)ccc1-2. The average molecular weight is 711 g/mol. The van der Waals surface area contributed by atoms with Crippen molar-refractivity contribution < 1.29 is 9.31 Å². The molecule has 3 aromatic rings. The summed E-state index contributed by atoms with van der Waals surface area (Å²) in [6.07, 6.45) is 21.0. The summed E-state index contributed by atoms with van der Waals surface area (Å²) in [5.41, 5.74) is 14.8. The fourth-order valence-electron chi connectivity index (χ4n) is 10.1. The quantitative estimate of drug-likeness (QED) is 0.115. The van der Waals surface area contributed by atoms with E-state index in [0.29, 0.717) is 0 Å². The number of rotatable bonds is 15. The monoisotopic (exact) mass is 711 g/mol. The molecular weight excluding hydrogens is 643 g/mol. The van der Waals surface area contributed by atoms with Gasteiger partial charge in [-0.1, -0.05) is 160 Å². The maximum Gasteiger partial charge on any atom is 0.494 e. The van der Waals surface area contributed by atoms with E-state index in [1.165, 1.54) is 114 Å². The Morgan fingerprint density at radius 1 is 0.604 bits per heavy atom. The van der Waals surface area contributed by atoms with Crippen LogP contribution >= 0.6 is 0 Å². The van der Waals surface area contributed by atoms with E-state index in [2.05, 4.69) is 136 Å². The molecule has 1 heterocycles. The highest BCUT2D eigenvalue weighted by Gasteiger charge is 2.56. The lowest BCUT2D eigenvalue weighted by Crippen LogP contribution is -2.41. The lowest BCUT2D eigenvalue weighted by atomic mass is 9.65. The van der Waals surface area contributed by atoms with Crippen molar-refractivity contribution >= 4 is 18.2 Å². The van der Waals surface area contributed by atoms with Crippen molar-refractivity contribution in [2.24, 2.45) is 0 Å². The molecule has 0 N–H and O–H groups in total. The average Bonchev–Trinajstić information content (AvgIpc) is 3.87. The van der Waals surface area contributed by atoms with Crippen LogP contribution in [0, 0.1) is 0 Å². The highest BCUT2D eigenvalue weighted by molar-refractivity contribution is 6.62. The van der Waals surface area contributed by atoms with Crippen LogP contribution in [0.3, 0.4) is 0 Å². The van der Waals surface area contributed by atoms with E-state index in [0.717, 1.165) is 24.7 Å². The Labute approximate surface area is 323 Å². The highest BCUT2D eigenvalue weighted by Crippen LogP contribution is 2.64. The fourth-order valence-corrected chi connectivity index (χ4v) is 10.1. The van der Waals surface area contributed by atoms with Gasteiger partial charge < -0.3 is 9.31 Å². The van der Waals surface area contributed by atoms with Gasteiger partial charge in [-0.05, 0) is 132 Å². The van der Waals surface area contributed by atoms with Gasteiger partial charge in [-0.25, -0.2) is 0 Å². The van der Waals surface area contributed by atoms with Crippen molar-refractivity contribution in [3.05, 3.63) is 106 Å². The summed E-state index contributed by atoms with van der Waals surface area (Å²) < 4.78 is 13.4. The number of benzene rings is 3. The molecule has 0 saturated carbocycles. The molecule has 1 fully saturated rings. The lowest BCUT2D eigenvalue weighted by molar-refractivity contribution is 0.00578. The molecule has 1 spiro atoms. The molecule has 0 radical (unpaired) electrons. The first-order valence-electron chi connectivity index (χ1n) is 21.5. The molecule has 0 bridgehead atoms. The van der Waals surface area contributed by atoms with Crippen LogP contribution in [-0.2, 0) is 25.6 Å². The molecular formula is C50H67BO2. The van der Waals surface area contributed by atoms with Gasteiger partial charge in [0.15, 0.2) is 0 Å². The number of allylic oxidation sites excluding steroid dienone is 4. The smallest absolute Gasteiger partial charge is 0.399 e. The number of unbranched alkanes of at least 4 members (excludes halogenated alkanes) is 6. The Balaban J connectivity index is 1.44. The molecule has 1 aliphatic heterocycles. The summed E-state index contributed by atoms with van der Waals surface area (Å²) in [5.74, 6) is 0. The van der Waals surface area contributed by atoms with Gasteiger partial charge in [0.25, 0.3) is 0 Å². The minimum absolute atomic E-state index is 0.139. The number of hydrogen-bond donors (Lipinski definition) is 0. The van der Waals surface area contributed by atoms with Crippen LogP contribution in [0.5, 0.6) is 0 Å².